The van der Waals surface area contributed by atoms with Crippen LogP contribution in [-0.2, 0) is 0 Å². The minimum absolute atomic E-state index is 0.0447. The molecule has 1 N–H and O–H groups in total. The summed E-state index contributed by atoms with van der Waals surface area (Å²) in [4.78, 5) is 17.4. The lowest BCUT2D eigenvalue weighted by molar-refractivity contribution is 0.0934. The number of benzene rings is 2. The number of para-hydroxylation sites is 1. The Bertz CT molecular complexity index is 743. The van der Waals surface area contributed by atoms with E-state index in [1.165, 1.54) is 5.69 Å². The average Bonchev–Trinajstić information content (AvgIpc) is 2.76. The number of nitrogens with one attached hydrogen (secondary N) is 1. The van der Waals surface area contributed by atoms with Crippen molar-refractivity contribution in [2.75, 3.05) is 44.2 Å². The largest absolute Gasteiger partial charge is 0.494 e. The zero-order valence-electron chi connectivity index (χ0n) is 16.9. The van der Waals surface area contributed by atoms with Gasteiger partial charge in [0.1, 0.15) is 5.75 Å². The van der Waals surface area contributed by atoms with Gasteiger partial charge in [-0.3, -0.25) is 9.69 Å². The lowest BCUT2D eigenvalue weighted by atomic mass is 10.1. The zero-order valence-corrected chi connectivity index (χ0v) is 16.9. The first-order valence-electron chi connectivity index (χ1n) is 10.2. The minimum Gasteiger partial charge on any atom is -0.494 e. The van der Waals surface area contributed by atoms with Crippen molar-refractivity contribution >= 4 is 11.6 Å². The van der Waals surface area contributed by atoms with Crippen LogP contribution in [0.25, 0.3) is 0 Å². The number of piperazine rings is 1. The number of ether oxygens (including phenoxy) is 1. The van der Waals surface area contributed by atoms with Gasteiger partial charge in [-0.05, 0) is 43.7 Å². The average molecular weight is 382 g/mol. The van der Waals surface area contributed by atoms with Gasteiger partial charge < -0.3 is 15.0 Å². The Morgan fingerprint density at radius 1 is 1.07 bits per heavy atom. The second kappa shape index (κ2) is 10.1. The molecule has 1 fully saturated rings. The van der Waals surface area contributed by atoms with Gasteiger partial charge in [0.05, 0.1) is 6.61 Å². The molecule has 5 nitrogen and oxygen atoms in total. The molecule has 0 aromatic heterocycles. The SMILES string of the molecule is CCCOc1cccc(C(=O)NCC(C)N2CCN(c3ccccc3)CC2)c1. The standard InChI is InChI=1S/C23H31N3O2/c1-3-16-28-22-11-7-8-20(17-22)23(27)24-18-19(2)25-12-14-26(15-13-25)21-9-5-4-6-10-21/h4-11,17,19H,3,12-16,18H2,1-2H3,(H,24,27). The van der Waals surface area contributed by atoms with E-state index in [0.29, 0.717) is 24.8 Å². The molecular formula is C23H31N3O2. The van der Waals surface area contributed by atoms with Gasteiger partial charge in [-0.25, -0.2) is 0 Å². The summed E-state index contributed by atoms with van der Waals surface area (Å²) in [6.07, 6.45) is 0.950. The van der Waals surface area contributed by atoms with Gasteiger partial charge in [-0.2, -0.15) is 0 Å². The lowest BCUT2D eigenvalue weighted by Crippen LogP contribution is -2.52. The van der Waals surface area contributed by atoms with Crippen LogP contribution < -0.4 is 15.0 Å². The number of amides is 1. The van der Waals surface area contributed by atoms with Gasteiger partial charge in [0.25, 0.3) is 5.91 Å². The van der Waals surface area contributed by atoms with Crippen LogP contribution in [0.15, 0.2) is 54.6 Å². The minimum atomic E-state index is -0.0447. The zero-order chi connectivity index (χ0) is 19.8. The molecule has 5 heteroatoms. The van der Waals surface area contributed by atoms with Crippen LogP contribution in [0, 0.1) is 0 Å². The van der Waals surface area contributed by atoms with E-state index < -0.39 is 0 Å². The molecule has 0 saturated carbocycles. The fourth-order valence-corrected chi connectivity index (χ4v) is 3.48. The van der Waals surface area contributed by atoms with E-state index in [0.717, 1.165) is 38.3 Å². The van der Waals surface area contributed by atoms with Crippen molar-refractivity contribution in [3.05, 3.63) is 60.2 Å². The molecule has 0 bridgehead atoms. The summed E-state index contributed by atoms with van der Waals surface area (Å²) >= 11 is 0. The van der Waals surface area contributed by atoms with Crippen LogP contribution >= 0.6 is 0 Å². The highest BCUT2D eigenvalue weighted by atomic mass is 16.5. The van der Waals surface area contributed by atoms with E-state index in [2.05, 4.69) is 59.3 Å². The molecule has 1 aliphatic rings. The Labute approximate surface area is 168 Å². The van der Waals surface area contributed by atoms with Gasteiger partial charge in [0.2, 0.25) is 0 Å². The van der Waals surface area contributed by atoms with E-state index >= 15 is 0 Å². The van der Waals surface area contributed by atoms with Crippen molar-refractivity contribution in [1.82, 2.24) is 10.2 Å². The summed E-state index contributed by atoms with van der Waals surface area (Å²) in [7, 11) is 0. The second-order valence-corrected chi connectivity index (χ2v) is 7.29. The van der Waals surface area contributed by atoms with Gasteiger partial charge in [0, 0.05) is 50.0 Å². The third-order valence-corrected chi connectivity index (χ3v) is 5.19. The van der Waals surface area contributed by atoms with Crippen LogP contribution in [0.4, 0.5) is 5.69 Å². The molecule has 28 heavy (non-hydrogen) atoms. The van der Waals surface area contributed by atoms with Gasteiger partial charge in [-0.1, -0.05) is 31.2 Å². The van der Waals surface area contributed by atoms with Gasteiger partial charge >= 0.3 is 0 Å². The molecule has 0 spiro atoms. The molecule has 2 aromatic carbocycles. The predicted octanol–water partition coefficient (Wildman–Crippen LogP) is 3.42. The van der Waals surface area contributed by atoms with Crippen molar-refractivity contribution in [2.24, 2.45) is 0 Å². The van der Waals surface area contributed by atoms with E-state index in [1.807, 2.05) is 24.3 Å². The van der Waals surface area contributed by atoms with Crippen LogP contribution in [0.2, 0.25) is 0 Å². The quantitative estimate of drug-likeness (QED) is 0.761. The van der Waals surface area contributed by atoms with Crippen LogP contribution in [-0.4, -0.2) is 56.2 Å². The van der Waals surface area contributed by atoms with E-state index in [1.54, 1.807) is 0 Å². The van der Waals surface area contributed by atoms with Crippen molar-refractivity contribution in [1.29, 1.82) is 0 Å². The van der Waals surface area contributed by atoms with Crippen molar-refractivity contribution in [3.63, 3.8) is 0 Å². The third kappa shape index (κ3) is 5.49. The molecule has 150 valence electrons. The molecule has 1 heterocycles. The highest BCUT2D eigenvalue weighted by Crippen LogP contribution is 2.17. The molecule has 1 unspecified atom stereocenters. The number of carbonyl (C=O) groups is 1. The molecule has 1 aliphatic heterocycles. The molecule has 0 aliphatic carbocycles. The van der Waals surface area contributed by atoms with Crippen molar-refractivity contribution in [3.8, 4) is 5.75 Å². The summed E-state index contributed by atoms with van der Waals surface area (Å²) < 4.78 is 5.62. The summed E-state index contributed by atoms with van der Waals surface area (Å²) in [6, 6.07) is 18.3. The Kier molecular flexibility index (Phi) is 7.31. The molecule has 2 aromatic rings. The lowest BCUT2D eigenvalue weighted by Gasteiger charge is -2.39. The first-order valence-corrected chi connectivity index (χ1v) is 10.2. The van der Waals surface area contributed by atoms with Crippen LogP contribution in [0.1, 0.15) is 30.6 Å². The highest BCUT2D eigenvalue weighted by Gasteiger charge is 2.21. The summed E-state index contributed by atoms with van der Waals surface area (Å²) in [6.45, 7) is 9.59. The van der Waals surface area contributed by atoms with Gasteiger partial charge in [-0.15, -0.1) is 0 Å². The maximum Gasteiger partial charge on any atom is 0.251 e. The number of anilines is 1. The molecule has 1 atom stereocenters. The smallest absolute Gasteiger partial charge is 0.251 e. The molecule has 1 amide bonds. The van der Waals surface area contributed by atoms with E-state index in [-0.39, 0.29) is 5.91 Å². The number of hydrogen-bond acceptors (Lipinski definition) is 4. The van der Waals surface area contributed by atoms with Crippen LogP contribution in [0.3, 0.4) is 0 Å². The van der Waals surface area contributed by atoms with E-state index in [4.69, 9.17) is 4.74 Å². The fourth-order valence-electron chi connectivity index (χ4n) is 3.48. The van der Waals surface area contributed by atoms with Crippen molar-refractivity contribution in [2.45, 2.75) is 26.3 Å². The summed E-state index contributed by atoms with van der Waals surface area (Å²) in [5, 5.41) is 3.07. The maximum atomic E-state index is 12.5. The summed E-state index contributed by atoms with van der Waals surface area (Å²) in [5.41, 5.74) is 1.93. The molecule has 0 radical (unpaired) electrons. The Hall–Kier alpha value is -2.53. The normalized spacial score (nSPS) is 15.9. The first kappa shape index (κ1) is 20.2. The third-order valence-electron chi connectivity index (χ3n) is 5.19. The summed E-state index contributed by atoms with van der Waals surface area (Å²) in [5.74, 6) is 0.705. The maximum absolute atomic E-state index is 12.5. The highest BCUT2D eigenvalue weighted by molar-refractivity contribution is 5.94. The number of rotatable bonds is 8. The number of carbonyl (C=O) groups excluding carboxylic acids is 1. The fraction of sp³-hybridized carbons (Fsp3) is 0.435. The predicted molar refractivity (Wildman–Crippen MR) is 114 cm³/mol. The van der Waals surface area contributed by atoms with Gasteiger partial charge in [0.15, 0.2) is 0 Å². The monoisotopic (exact) mass is 381 g/mol. The second-order valence-electron chi connectivity index (χ2n) is 7.29. The number of hydrogen-bond donors (Lipinski definition) is 1. The first-order chi connectivity index (χ1) is 13.7. The Balaban J connectivity index is 1.45. The molecule has 1 saturated heterocycles. The topological polar surface area (TPSA) is 44.8 Å². The van der Waals surface area contributed by atoms with E-state index in [9.17, 15) is 4.79 Å². The van der Waals surface area contributed by atoms with Crippen molar-refractivity contribution < 1.29 is 9.53 Å². The van der Waals surface area contributed by atoms with Crippen LogP contribution in [0.5, 0.6) is 5.75 Å². The Morgan fingerprint density at radius 2 is 1.82 bits per heavy atom. The molecule has 3 rings (SSSR count). The number of nitrogens with zero attached hydrogens (tertiary/aromatic N) is 2. The Morgan fingerprint density at radius 3 is 2.54 bits per heavy atom. The molecular weight excluding hydrogens is 350 g/mol.